The highest BCUT2D eigenvalue weighted by atomic mass is 16.2. The first-order valence-corrected chi connectivity index (χ1v) is 7.85. The number of rotatable bonds is 3. The van der Waals surface area contributed by atoms with Gasteiger partial charge in [-0.15, -0.1) is 0 Å². The van der Waals surface area contributed by atoms with Gasteiger partial charge in [0.15, 0.2) is 0 Å². The molecule has 1 aliphatic rings. The summed E-state index contributed by atoms with van der Waals surface area (Å²) in [5, 5.41) is 5.99. The van der Waals surface area contributed by atoms with Gasteiger partial charge in [0.25, 0.3) is 0 Å². The molecule has 2 N–H and O–H groups in total. The van der Waals surface area contributed by atoms with E-state index in [9.17, 15) is 4.79 Å². The van der Waals surface area contributed by atoms with Gasteiger partial charge in [-0.3, -0.25) is 4.98 Å². The molecule has 1 heterocycles. The van der Waals surface area contributed by atoms with Crippen molar-refractivity contribution in [1.29, 1.82) is 0 Å². The van der Waals surface area contributed by atoms with Crippen molar-refractivity contribution < 1.29 is 4.79 Å². The van der Waals surface area contributed by atoms with Crippen LogP contribution in [0.25, 0.3) is 0 Å². The number of hydrogen-bond donors (Lipinski definition) is 2. The second kappa shape index (κ2) is 7.07. The van der Waals surface area contributed by atoms with E-state index in [0.29, 0.717) is 6.54 Å². The summed E-state index contributed by atoms with van der Waals surface area (Å²) in [6.45, 7) is 0.445. The van der Waals surface area contributed by atoms with Crippen molar-refractivity contribution in [3.63, 3.8) is 0 Å². The summed E-state index contributed by atoms with van der Waals surface area (Å²) in [5.74, 6) is 0. The quantitative estimate of drug-likeness (QED) is 0.853. The van der Waals surface area contributed by atoms with Crippen LogP contribution in [0, 0.1) is 0 Å². The predicted molar refractivity (Wildman–Crippen MR) is 86.3 cm³/mol. The molecule has 2 aromatic rings. The molecular formula is C18H21N3O. The number of amides is 2. The van der Waals surface area contributed by atoms with Crippen LogP contribution in [0.4, 0.5) is 4.79 Å². The molecule has 0 spiro atoms. The number of urea groups is 1. The van der Waals surface area contributed by atoms with Crippen molar-refractivity contribution in [1.82, 2.24) is 15.6 Å². The number of carbonyl (C=O) groups is 1. The molecule has 1 aliphatic carbocycles. The lowest BCUT2D eigenvalue weighted by Gasteiger charge is -2.19. The van der Waals surface area contributed by atoms with E-state index in [1.807, 2.05) is 24.3 Å². The molecule has 3 rings (SSSR count). The average molecular weight is 295 g/mol. The van der Waals surface area contributed by atoms with Crippen molar-refractivity contribution in [2.24, 2.45) is 0 Å². The van der Waals surface area contributed by atoms with E-state index in [0.717, 1.165) is 25.0 Å². The molecule has 22 heavy (non-hydrogen) atoms. The average Bonchev–Trinajstić information content (AvgIpc) is 2.77. The second-order valence-electron chi connectivity index (χ2n) is 5.65. The number of pyridine rings is 1. The molecule has 0 unspecified atom stereocenters. The van der Waals surface area contributed by atoms with Crippen molar-refractivity contribution in [2.45, 2.75) is 38.3 Å². The second-order valence-corrected chi connectivity index (χ2v) is 5.65. The van der Waals surface area contributed by atoms with Crippen molar-refractivity contribution >= 4 is 6.03 Å². The summed E-state index contributed by atoms with van der Waals surface area (Å²) < 4.78 is 0. The van der Waals surface area contributed by atoms with Crippen molar-refractivity contribution in [3.05, 3.63) is 65.5 Å². The van der Waals surface area contributed by atoms with Crippen LogP contribution in [0.2, 0.25) is 0 Å². The summed E-state index contributed by atoms with van der Waals surface area (Å²) in [4.78, 5) is 16.4. The minimum absolute atomic E-state index is 0.0995. The Labute approximate surface area is 131 Å². The smallest absolute Gasteiger partial charge is 0.315 e. The predicted octanol–water partition coefficient (Wildman–Crippen LogP) is 3.35. The van der Waals surface area contributed by atoms with Crippen LogP contribution in [0.15, 0.2) is 48.7 Å². The summed E-state index contributed by atoms with van der Waals surface area (Å²) in [5.41, 5.74) is 3.47. The fraction of sp³-hybridized carbons (Fsp3) is 0.333. The first-order valence-electron chi connectivity index (χ1n) is 7.85. The maximum atomic E-state index is 12.2. The number of aromatic nitrogens is 1. The van der Waals surface area contributed by atoms with Gasteiger partial charge in [0.05, 0.1) is 18.3 Å². The maximum absolute atomic E-state index is 12.2. The molecule has 0 radical (unpaired) electrons. The number of hydrogen-bond acceptors (Lipinski definition) is 2. The minimum atomic E-state index is -0.132. The topological polar surface area (TPSA) is 54.0 Å². The van der Waals surface area contributed by atoms with E-state index in [-0.39, 0.29) is 12.1 Å². The standard InChI is InChI=1S/C18H21N3O/c22-18(20-13-15-9-5-6-12-19-15)21-17-11-4-2-8-14-7-1-3-10-16(14)17/h1,3,5-7,9-10,12,17H,2,4,8,11,13H2,(H2,20,21,22)/t17-/m1/s1. The minimum Gasteiger partial charge on any atom is -0.332 e. The van der Waals surface area contributed by atoms with Crippen LogP contribution in [-0.4, -0.2) is 11.0 Å². The van der Waals surface area contributed by atoms with E-state index in [4.69, 9.17) is 0 Å². The number of carbonyl (C=O) groups excluding carboxylic acids is 1. The third kappa shape index (κ3) is 3.64. The molecule has 1 atom stereocenters. The molecule has 2 amide bonds. The fourth-order valence-corrected chi connectivity index (χ4v) is 2.95. The highest BCUT2D eigenvalue weighted by Gasteiger charge is 2.19. The lowest BCUT2D eigenvalue weighted by molar-refractivity contribution is 0.235. The number of nitrogens with one attached hydrogen (secondary N) is 2. The molecule has 0 saturated heterocycles. The lowest BCUT2D eigenvalue weighted by atomic mass is 9.99. The summed E-state index contributed by atoms with van der Waals surface area (Å²) in [6.07, 6.45) is 6.15. The van der Waals surface area contributed by atoms with Crippen molar-refractivity contribution in [2.75, 3.05) is 0 Å². The van der Waals surface area contributed by atoms with Gasteiger partial charge in [-0.1, -0.05) is 36.8 Å². The zero-order valence-corrected chi connectivity index (χ0v) is 12.6. The largest absolute Gasteiger partial charge is 0.332 e. The van der Waals surface area contributed by atoms with Crippen LogP contribution < -0.4 is 10.6 Å². The van der Waals surface area contributed by atoms with Gasteiger partial charge >= 0.3 is 6.03 Å². The third-order valence-electron chi connectivity index (χ3n) is 4.08. The Kier molecular flexibility index (Phi) is 4.68. The number of benzene rings is 1. The molecule has 0 aliphatic heterocycles. The monoisotopic (exact) mass is 295 g/mol. The first kappa shape index (κ1) is 14.6. The Morgan fingerprint density at radius 3 is 2.86 bits per heavy atom. The Balaban J connectivity index is 1.61. The Morgan fingerprint density at radius 1 is 1.14 bits per heavy atom. The molecule has 4 heteroatoms. The number of aryl methyl sites for hydroxylation is 1. The number of fused-ring (bicyclic) bond motifs is 1. The zero-order valence-electron chi connectivity index (χ0n) is 12.6. The van der Waals surface area contributed by atoms with Gasteiger partial charge in [0.2, 0.25) is 0 Å². The van der Waals surface area contributed by atoms with Crippen LogP contribution in [0.3, 0.4) is 0 Å². The molecule has 0 fully saturated rings. The van der Waals surface area contributed by atoms with Crippen LogP contribution in [0.5, 0.6) is 0 Å². The van der Waals surface area contributed by atoms with Crippen molar-refractivity contribution in [3.8, 4) is 0 Å². The Bertz CT molecular complexity index is 627. The summed E-state index contributed by atoms with van der Waals surface area (Å²) >= 11 is 0. The highest BCUT2D eigenvalue weighted by Crippen LogP contribution is 2.28. The van der Waals surface area contributed by atoms with Gasteiger partial charge < -0.3 is 10.6 Å². The van der Waals surface area contributed by atoms with E-state index in [2.05, 4.69) is 33.8 Å². The summed E-state index contributed by atoms with van der Waals surface area (Å²) in [7, 11) is 0. The molecule has 4 nitrogen and oxygen atoms in total. The van der Waals surface area contributed by atoms with E-state index >= 15 is 0 Å². The molecular weight excluding hydrogens is 274 g/mol. The third-order valence-corrected chi connectivity index (χ3v) is 4.08. The van der Waals surface area contributed by atoms with Crippen LogP contribution >= 0.6 is 0 Å². The molecule has 0 bridgehead atoms. The van der Waals surface area contributed by atoms with E-state index in [1.165, 1.54) is 17.5 Å². The van der Waals surface area contributed by atoms with Gasteiger partial charge in [-0.2, -0.15) is 0 Å². The normalized spacial score (nSPS) is 17.2. The van der Waals surface area contributed by atoms with Gasteiger partial charge in [0, 0.05) is 6.20 Å². The molecule has 1 aromatic heterocycles. The lowest BCUT2D eigenvalue weighted by Crippen LogP contribution is -2.37. The Morgan fingerprint density at radius 2 is 2.00 bits per heavy atom. The maximum Gasteiger partial charge on any atom is 0.315 e. The Hall–Kier alpha value is -2.36. The van der Waals surface area contributed by atoms with E-state index in [1.54, 1.807) is 6.20 Å². The van der Waals surface area contributed by atoms with E-state index < -0.39 is 0 Å². The molecule has 0 saturated carbocycles. The zero-order chi connectivity index (χ0) is 15.2. The van der Waals surface area contributed by atoms with Gasteiger partial charge in [0.1, 0.15) is 0 Å². The van der Waals surface area contributed by atoms with Gasteiger partial charge in [-0.05, 0) is 42.5 Å². The molecule has 1 aromatic carbocycles. The SMILES string of the molecule is O=C(NCc1ccccn1)N[C@@H]1CCCCc2ccccc21. The summed E-state index contributed by atoms with van der Waals surface area (Å²) in [6, 6.07) is 14.1. The van der Waals surface area contributed by atoms with Crippen LogP contribution in [0.1, 0.15) is 42.1 Å². The fourth-order valence-electron chi connectivity index (χ4n) is 2.95. The number of nitrogens with zero attached hydrogens (tertiary/aromatic N) is 1. The van der Waals surface area contributed by atoms with Crippen LogP contribution in [-0.2, 0) is 13.0 Å². The molecule has 114 valence electrons. The van der Waals surface area contributed by atoms with Gasteiger partial charge in [-0.25, -0.2) is 4.79 Å². The highest BCUT2D eigenvalue weighted by molar-refractivity contribution is 5.74. The first-order chi connectivity index (χ1) is 10.8.